The third-order valence-electron chi connectivity index (χ3n) is 6.54. The van der Waals surface area contributed by atoms with Gasteiger partial charge in [-0.1, -0.05) is 91.1 Å². The van der Waals surface area contributed by atoms with E-state index in [1.165, 1.54) is 11.1 Å². The molecule has 0 heterocycles. The quantitative estimate of drug-likeness (QED) is 0.739. The number of rotatable bonds is 2. The van der Waals surface area contributed by atoms with Crippen LogP contribution in [0, 0.1) is 35.5 Å². The van der Waals surface area contributed by atoms with Crippen molar-refractivity contribution < 1.29 is 10.0 Å². The van der Waals surface area contributed by atoms with E-state index in [2.05, 4.69) is 79.0 Å². The third kappa shape index (κ3) is 2.73. The highest BCUT2D eigenvalue weighted by Gasteiger charge is 2.41. The maximum absolute atomic E-state index is 9.80. The zero-order valence-electron chi connectivity index (χ0n) is 15.1. The molecule has 0 bridgehead atoms. The lowest BCUT2D eigenvalue weighted by atomic mass is 9.58. The first-order chi connectivity index (χ1) is 13.2. The van der Waals surface area contributed by atoms with Crippen molar-refractivity contribution in [2.75, 3.05) is 0 Å². The Morgan fingerprint density at radius 1 is 0.593 bits per heavy atom. The number of allylic oxidation sites excluding steroid dienone is 18. The fraction of sp³-hybridized carbons (Fsp3) is 0.250. The van der Waals surface area contributed by atoms with Crippen molar-refractivity contribution in [3.8, 4) is 0 Å². The zero-order valence-corrected chi connectivity index (χ0v) is 15.1. The van der Waals surface area contributed by atoms with Crippen LogP contribution in [0.15, 0.2) is 108 Å². The molecule has 2 nitrogen and oxygen atoms in total. The summed E-state index contributed by atoms with van der Waals surface area (Å²) in [4.78, 5) is 0. The van der Waals surface area contributed by atoms with Gasteiger partial charge in [0.15, 0.2) is 0 Å². The Balaban J connectivity index is 1.61. The second-order valence-corrected chi connectivity index (χ2v) is 7.90. The van der Waals surface area contributed by atoms with Crippen LogP contribution in [0.25, 0.3) is 0 Å². The van der Waals surface area contributed by atoms with Gasteiger partial charge >= 0.3 is 7.12 Å². The SMILES string of the molecule is OB(O)C1=CC=C(C2=CC3C=CC=CC3C3C=CC=CC23)C2C=CC=CC12. The molecule has 0 saturated heterocycles. The summed E-state index contributed by atoms with van der Waals surface area (Å²) < 4.78 is 0. The average Bonchev–Trinajstić information content (AvgIpc) is 2.72. The Morgan fingerprint density at radius 3 is 2.00 bits per heavy atom. The maximum atomic E-state index is 9.80. The van der Waals surface area contributed by atoms with E-state index in [-0.39, 0.29) is 11.8 Å². The molecule has 27 heavy (non-hydrogen) atoms. The lowest BCUT2D eigenvalue weighted by Gasteiger charge is -2.43. The number of fused-ring (bicyclic) bond motifs is 4. The van der Waals surface area contributed by atoms with Crippen molar-refractivity contribution >= 4 is 7.12 Å². The molecule has 5 aliphatic rings. The second-order valence-electron chi connectivity index (χ2n) is 7.90. The van der Waals surface area contributed by atoms with Gasteiger partial charge in [0.2, 0.25) is 0 Å². The predicted octanol–water partition coefficient (Wildman–Crippen LogP) is 3.88. The van der Waals surface area contributed by atoms with E-state index in [9.17, 15) is 10.0 Å². The molecule has 0 aromatic rings. The molecule has 0 saturated carbocycles. The van der Waals surface area contributed by atoms with Gasteiger partial charge in [-0.15, -0.1) is 0 Å². The fourth-order valence-corrected chi connectivity index (χ4v) is 5.28. The molecule has 3 heteroatoms. The van der Waals surface area contributed by atoms with Crippen molar-refractivity contribution in [3.05, 3.63) is 108 Å². The Morgan fingerprint density at radius 2 is 1.22 bits per heavy atom. The van der Waals surface area contributed by atoms with Crippen molar-refractivity contribution in [2.24, 2.45) is 35.5 Å². The van der Waals surface area contributed by atoms with Crippen molar-refractivity contribution in [1.82, 2.24) is 0 Å². The molecule has 0 amide bonds. The Bertz CT molecular complexity index is 907. The standard InChI is InChI=1S/C24H23BO2/c26-25(27)24-14-13-21(19-10-5-6-12-22(19)24)23-15-16-7-1-2-8-17(16)18-9-3-4-11-20(18)23/h1-20,22,26-27H. The molecular weight excluding hydrogens is 331 g/mol. The summed E-state index contributed by atoms with van der Waals surface area (Å²) in [5.41, 5.74) is 3.37. The van der Waals surface area contributed by atoms with Gasteiger partial charge in [-0.3, -0.25) is 0 Å². The normalized spacial score (nSPS) is 37.8. The van der Waals surface area contributed by atoms with Gasteiger partial charge in [0.25, 0.3) is 0 Å². The smallest absolute Gasteiger partial charge is 0.423 e. The highest BCUT2D eigenvalue weighted by Crippen LogP contribution is 2.50. The molecule has 5 aliphatic carbocycles. The van der Waals surface area contributed by atoms with Gasteiger partial charge in [0, 0.05) is 23.7 Å². The molecule has 6 atom stereocenters. The van der Waals surface area contributed by atoms with Gasteiger partial charge in [-0.2, -0.15) is 0 Å². The van der Waals surface area contributed by atoms with Crippen LogP contribution < -0.4 is 0 Å². The summed E-state index contributed by atoms with van der Waals surface area (Å²) >= 11 is 0. The average molecular weight is 354 g/mol. The van der Waals surface area contributed by atoms with E-state index in [0.717, 1.165) is 0 Å². The molecule has 0 aromatic carbocycles. The second kappa shape index (κ2) is 6.67. The molecule has 134 valence electrons. The van der Waals surface area contributed by atoms with Crippen LogP contribution in [0.3, 0.4) is 0 Å². The predicted molar refractivity (Wildman–Crippen MR) is 110 cm³/mol. The largest absolute Gasteiger partial charge is 0.484 e. The minimum Gasteiger partial charge on any atom is -0.423 e. The summed E-state index contributed by atoms with van der Waals surface area (Å²) in [6.45, 7) is 0. The summed E-state index contributed by atoms with van der Waals surface area (Å²) in [7, 11) is -1.41. The monoisotopic (exact) mass is 354 g/mol. The van der Waals surface area contributed by atoms with Gasteiger partial charge in [-0.25, -0.2) is 0 Å². The Hall–Kier alpha value is -2.36. The van der Waals surface area contributed by atoms with Gasteiger partial charge in [-0.05, 0) is 28.5 Å². The molecule has 0 aromatic heterocycles. The van der Waals surface area contributed by atoms with Crippen LogP contribution >= 0.6 is 0 Å². The summed E-state index contributed by atoms with van der Waals surface area (Å²) in [6.07, 6.45) is 32.8. The van der Waals surface area contributed by atoms with Gasteiger partial charge in [0.1, 0.15) is 0 Å². The van der Waals surface area contributed by atoms with Crippen molar-refractivity contribution in [1.29, 1.82) is 0 Å². The van der Waals surface area contributed by atoms with E-state index in [1.54, 1.807) is 0 Å². The van der Waals surface area contributed by atoms with Crippen LogP contribution in [0.5, 0.6) is 0 Å². The fourth-order valence-electron chi connectivity index (χ4n) is 5.28. The van der Waals surface area contributed by atoms with Crippen LogP contribution in [0.2, 0.25) is 0 Å². The minimum atomic E-state index is -1.41. The molecule has 0 fully saturated rings. The molecule has 0 aliphatic heterocycles. The maximum Gasteiger partial charge on any atom is 0.484 e. The minimum absolute atomic E-state index is 0.0111. The van der Waals surface area contributed by atoms with E-state index in [0.29, 0.717) is 29.1 Å². The first kappa shape index (κ1) is 16.8. The van der Waals surface area contributed by atoms with E-state index in [4.69, 9.17) is 0 Å². The lowest BCUT2D eigenvalue weighted by Crippen LogP contribution is -2.36. The zero-order chi connectivity index (χ0) is 18.4. The van der Waals surface area contributed by atoms with Crippen LogP contribution in [0.1, 0.15) is 0 Å². The topological polar surface area (TPSA) is 40.5 Å². The number of hydrogen-bond donors (Lipinski definition) is 2. The van der Waals surface area contributed by atoms with Gasteiger partial charge in [0.05, 0.1) is 0 Å². The molecule has 6 unspecified atom stereocenters. The van der Waals surface area contributed by atoms with Crippen LogP contribution in [-0.2, 0) is 0 Å². The first-order valence-electron chi connectivity index (χ1n) is 9.79. The lowest BCUT2D eigenvalue weighted by molar-refractivity contribution is 0.332. The molecule has 2 N–H and O–H groups in total. The van der Waals surface area contributed by atoms with E-state index in [1.807, 2.05) is 12.2 Å². The van der Waals surface area contributed by atoms with Gasteiger partial charge < -0.3 is 10.0 Å². The van der Waals surface area contributed by atoms with E-state index >= 15 is 0 Å². The van der Waals surface area contributed by atoms with Crippen molar-refractivity contribution in [3.63, 3.8) is 0 Å². The van der Waals surface area contributed by atoms with E-state index < -0.39 is 7.12 Å². The molecular formula is C24H23BO2. The summed E-state index contributed by atoms with van der Waals surface area (Å²) in [5.74, 6) is 1.93. The first-order valence-corrected chi connectivity index (χ1v) is 9.79. The highest BCUT2D eigenvalue weighted by atomic mass is 16.4. The Labute approximate surface area is 160 Å². The third-order valence-corrected chi connectivity index (χ3v) is 6.54. The van der Waals surface area contributed by atoms with Crippen molar-refractivity contribution in [2.45, 2.75) is 0 Å². The number of hydrogen-bond acceptors (Lipinski definition) is 2. The highest BCUT2D eigenvalue weighted by molar-refractivity contribution is 6.51. The molecule has 0 radical (unpaired) electrons. The van der Waals surface area contributed by atoms with Crippen LogP contribution in [-0.4, -0.2) is 17.2 Å². The Kier molecular flexibility index (Phi) is 4.15. The molecule has 5 rings (SSSR count). The molecule has 0 spiro atoms. The summed E-state index contributed by atoms with van der Waals surface area (Å²) in [5, 5.41) is 19.6. The van der Waals surface area contributed by atoms with Crippen LogP contribution in [0.4, 0.5) is 0 Å². The summed E-state index contributed by atoms with van der Waals surface area (Å²) in [6, 6.07) is 0.